The Morgan fingerprint density at radius 1 is 1.00 bits per heavy atom. The molecule has 1 atom stereocenters. The predicted molar refractivity (Wildman–Crippen MR) is 95.9 cm³/mol. The SMILES string of the molecule is C[C@H](NC(=O)C=Cc1cccc(F)c1F)c1ccc2ccccc2c1. The molecule has 0 radical (unpaired) electrons. The molecule has 0 aliphatic carbocycles. The number of nitrogens with one attached hydrogen (secondary N) is 1. The Hall–Kier alpha value is -3.01. The van der Waals surface area contributed by atoms with Crippen LogP contribution >= 0.6 is 0 Å². The minimum absolute atomic E-state index is 0.0357. The van der Waals surface area contributed by atoms with Crippen LogP contribution in [-0.4, -0.2) is 5.91 Å². The van der Waals surface area contributed by atoms with Crippen molar-refractivity contribution in [3.8, 4) is 0 Å². The lowest BCUT2D eigenvalue weighted by molar-refractivity contribution is -0.117. The van der Waals surface area contributed by atoms with Crippen molar-refractivity contribution in [1.82, 2.24) is 5.32 Å². The van der Waals surface area contributed by atoms with Gasteiger partial charge in [0.15, 0.2) is 11.6 Å². The predicted octanol–water partition coefficient (Wildman–Crippen LogP) is 5.01. The highest BCUT2D eigenvalue weighted by molar-refractivity contribution is 5.92. The van der Waals surface area contributed by atoms with Gasteiger partial charge in [-0.15, -0.1) is 0 Å². The molecule has 4 heteroatoms. The molecule has 0 bridgehead atoms. The third kappa shape index (κ3) is 3.91. The van der Waals surface area contributed by atoms with E-state index in [1.807, 2.05) is 49.4 Å². The maximum Gasteiger partial charge on any atom is 0.244 e. The van der Waals surface area contributed by atoms with Crippen molar-refractivity contribution in [1.29, 1.82) is 0 Å². The summed E-state index contributed by atoms with van der Waals surface area (Å²) in [6, 6.07) is 17.6. The van der Waals surface area contributed by atoms with Gasteiger partial charge in [-0.3, -0.25) is 4.79 Å². The van der Waals surface area contributed by atoms with Gasteiger partial charge in [0.05, 0.1) is 6.04 Å². The van der Waals surface area contributed by atoms with Crippen LogP contribution in [0.15, 0.2) is 66.7 Å². The molecule has 25 heavy (non-hydrogen) atoms. The van der Waals surface area contributed by atoms with Crippen molar-refractivity contribution in [2.24, 2.45) is 0 Å². The van der Waals surface area contributed by atoms with Crippen LogP contribution in [0.4, 0.5) is 8.78 Å². The van der Waals surface area contributed by atoms with Gasteiger partial charge in [-0.05, 0) is 41.5 Å². The number of rotatable bonds is 4. The summed E-state index contributed by atoms with van der Waals surface area (Å²) < 4.78 is 26.7. The molecule has 0 aliphatic heterocycles. The number of hydrogen-bond donors (Lipinski definition) is 1. The molecule has 3 aromatic rings. The van der Waals surface area contributed by atoms with Crippen LogP contribution < -0.4 is 5.32 Å². The molecule has 0 fully saturated rings. The molecule has 3 aromatic carbocycles. The Kier molecular flexibility index (Phi) is 4.89. The zero-order valence-electron chi connectivity index (χ0n) is 13.7. The summed E-state index contributed by atoms with van der Waals surface area (Å²) in [5, 5.41) is 5.05. The molecular weight excluding hydrogens is 320 g/mol. The lowest BCUT2D eigenvalue weighted by Gasteiger charge is -2.14. The molecule has 0 unspecified atom stereocenters. The quantitative estimate of drug-likeness (QED) is 0.666. The number of benzene rings is 3. The smallest absolute Gasteiger partial charge is 0.244 e. The third-order valence-electron chi connectivity index (χ3n) is 4.03. The molecule has 126 valence electrons. The lowest BCUT2D eigenvalue weighted by atomic mass is 10.0. The van der Waals surface area contributed by atoms with Gasteiger partial charge in [0.1, 0.15) is 0 Å². The van der Waals surface area contributed by atoms with Gasteiger partial charge in [-0.2, -0.15) is 0 Å². The fourth-order valence-electron chi connectivity index (χ4n) is 2.64. The Bertz CT molecular complexity index is 950. The summed E-state index contributed by atoms with van der Waals surface area (Å²) in [5.74, 6) is -2.27. The first kappa shape index (κ1) is 16.8. The van der Waals surface area contributed by atoms with Crippen molar-refractivity contribution < 1.29 is 13.6 Å². The normalized spacial score (nSPS) is 12.4. The van der Waals surface area contributed by atoms with Crippen LogP contribution in [0.3, 0.4) is 0 Å². The topological polar surface area (TPSA) is 29.1 Å². The van der Waals surface area contributed by atoms with E-state index in [4.69, 9.17) is 0 Å². The molecule has 0 saturated heterocycles. The van der Waals surface area contributed by atoms with E-state index >= 15 is 0 Å². The van der Waals surface area contributed by atoms with E-state index in [1.54, 1.807) is 0 Å². The summed E-state index contributed by atoms with van der Waals surface area (Å²) in [4.78, 5) is 12.0. The van der Waals surface area contributed by atoms with Crippen molar-refractivity contribution in [2.45, 2.75) is 13.0 Å². The molecule has 0 spiro atoms. The Balaban J connectivity index is 1.71. The van der Waals surface area contributed by atoms with Gasteiger partial charge >= 0.3 is 0 Å². The number of halogens is 2. The maximum absolute atomic E-state index is 13.6. The molecule has 3 rings (SSSR count). The van der Waals surface area contributed by atoms with E-state index in [2.05, 4.69) is 5.32 Å². The summed E-state index contributed by atoms with van der Waals surface area (Å²) in [6.07, 6.45) is 2.47. The molecule has 0 heterocycles. The maximum atomic E-state index is 13.6. The summed E-state index contributed by atoms with van der Waals surface area (Å²) in [7, 11) is 0. The Morgan fingerprint density at radius 2 is 1.76 bits per heavy atom. The number of carbonyl (C=O) groups is 1. The van der Waals surface area contributed by atoms with Crippen LogP contribution in [0, 0.1) is 11.6 Å². The average Bonchev–Trinajstić information content (AvgIpc) is 2.62. The number of hydrogen-bond acceptors (Lipinski definition) is 1. The number of carbonyl (C=O) groups excluding carboxylic acids is 1. The van der Waals surface area contributed by atoms with Gasteiger partial charge < -0.3 is 5.32 Å². The van der Waals surface area contributed by atoms with Crippen LogP contribution in [0.5, 0.6) is 0 Å². The Labute approximate surface area is 144 Å². The van der Waals surface area contributed by atoms with Gasteiger partial charge in [0.25, 0.3) is 0 Å². The molecule has 0 aliphatic rings. The highest BCUT2D eigenvalue weighted by atomic mass is 19.2. The van der Waals surface area contributed by atoms with Crippen molar-refractivity contribution in [3.63, 3.8) is 0 Å². The average molecular weight is 337 g/mol. The monoisotopic (exact) mass is 337 g/mol. The fourth-order valence-corrected chi connectivity index (χ4v) is 2.64. The van der Waals surface area contributed by atoms with Gasteiger partial charge in [-0.25, -0.2) is 8.78 Å². The lowest BCUT2D eigenvalue weighted by Crippen LogP contribution is -2.24. The van der Waals surface area contributed by atoms with Crippen LogP contribution in [0.1, 0.15) is 24.1 Å². The fraction of sp³-hybridized carbons (Fsp3) is 0.0952. The van der Waals surface area contributed by atoms with Crippen LogP contribution in [-0.2, 0) is 4.79 Å². The van der Waals surface area contributed by atoms with E-state index in [-0.39, 0.29) is 17.5 Å². The summed E-state index contributed by atoms with van der Waals surface area (Å²) >= 11 is 0. The van der Waals surface area contributed by atoms with Gasteiger partial charge in [0.2, 0.25) is 5.91 Å². The zero-order valence-corrected chi connectivity index (χ0v) is 13.7. The van der Waals surface area contributed by atoms with Crippen molar-refractivity contribution in [2.75, 3.05) is 0 Å². The zero-order chi connectivity index (χ0) is 17.8. The standard InChI is InChI=1S/C21H17F2NO/c1-14(17-10-9-15-5-2-3-6-18(15)13-17)24-20(25)12-11-16-7-4-8-19(22)21(16)23/h2-14H,1H3,(H,24,25)/t14-/m0/s1. The van der Waals surface area contributed by atoms with E-state index in [0.717, 1.165) is 22.4 Å². The van der Waals surface area contributed by atoms with Gasteiger partial charge in [-0.1, -0.05) is 48.5 Å². The minimum Gasteiger partial charge on any atom is -0.346 e. The van der Waals surface area contributed by atoms with Crippen molar-refractivity contribution in [3.05, 3.63) is 89.5 Å². The first-order chi connectivity index (χ1) is 12.0. The number of fused-ring (bicyclic) bond motifs is 1. The third-order valence-corrected chi connectivity index (χ3v) is 4.03. The van der Waals surface area contributed by atoms with Crippen LogP contribution in [0.25, 0.3) is 16.8 Å². The molecule has 0 aromatic heterocycles. The first-order valence-electron chi connectivity index (χ1n) is 7.96. The van der Waals surface area contributed by atoms with Crippen molar-refractivity contribution >= 4 is 22.8 Å². The summed E-state index contributed by atoms with van der Waals surface area (Å²) in [5.41, 5.74) is 1.01. The second-order valence-corrected chi connectivity index (χ2v) is 5.81. The molecule has 2 nitrogen and oxygen atoms in total. The van der Waals surface area contributed by atoms with Crippen LogP contribution in [0.2, 0.25) is 0 Å². The summed E-state index contributed by atoms with van der Waals surface area (Å²) in [6.45, 7) is 1.87. The minimum atomic E-state index is -0.964. The largest absolute Gasteiger partial charge is 0.346 e. The second kappa shape index (κ2) is 7.26. The second-order valence-electron chi connectivity index (χ2n) is 5.81. The highest BCUT2D eigenvalue weighted by Gasteiger charge is 2.09. The van der Waals surface area contributed by atoms with E-state index in [9.17, 15) is 13.6 Å². The van der Waals surface area contributed by atoms with E-state index < -0.39 is 11.6 Å². The Morgan fingerprint density at radius 3 is 2.56 bits per heavy atom. The molecule has 0 saturated carbocycles. The molecule has 1 amide bonds. The number of amides is 1. The highest BCUT2D eigenvalue weighted by Crippen LogP contribution is 2.20. The first-order valence-corrected chi connectivity index (χ1v) is 7.96. The van der Waals surface area contributed by atoms with E-state index in [1.165, 1.54) is 24.3 Å². The molecular formula is C21H17F2NO. The van der Waals surface area contributed by atoms with Gasteiger partial charge in [0, 0.05) is 11.6 Å². The molecule has 1 N–H and O–H groups in total. The van der Waals surface area contributed by atoms with E-state index in [0.29, 0.717) is 0 Å².